The van der Waals surface area contributed by atoms with Crippen molar-refractivity contribution in [2.24, 2.45) is 0 Å². The predicted molar refractivity (Wildman–Crippen MR) is 138 cm³/mol. The van der Waals surface area contributed by atoms with Crippen LogP contribution in [0.1, 0.15) is 38.0 Å². The predicted octanol–water partition coefficient (Wildman–Crippen LogP) is 7.54. The Morgan fingerprint density at radius 1 is 0.875 bits per heavy atom. The molecule has 4 rings (SSSR count). The molecule has 1 heterocycles. The topological polar surface area (TPSA) is 41.1 Å². The first-order valence-electron chi connectivity index (χ1n) is 10.5. The number of carbonyl (C=O) groups is 1. The zero-order valence-electron chi connectivity index (χ0n) is 18.4. The van der Waals surface area contributed by atoms with Gasteiger partial charge in [0.2, 0.25) is 0 Å². The van der Waals surface area contributed by atoms with Crippen molar-refractivity contribution in [1.29, 1.82) is 0 Å². The Balaban J connectivity index is 1.76. The highest BCUT2D eigenvalue weighted by Gasteiger charge is 2.25. The van der Waals surface area contributed by atoms with E-state index in [9.17, 15) is 4.79 Å². The average Bonchev–Trinajstić information content (AvgIpc) is 3.11. The molecule has 0 aliphatic rings. The molecule has 4 aromatic rings. The highest BCUT2D eigenvalue weighted by atomic mass is 32.2. The lowest BCUT2D eigenvalue weighted by Crippen LogP contribution is -2.17. The summed E-state index contributed by atoms with van der Waals surface area (Å²) in [4.78, 5) is 15.4. The zero-order chi connectivity index (χ0) is 22.5. The van der Waals surface area contributed by atoms with Crippen LogP contribution in [0.15, 0.2) is 89.8 Å². The quantitative estimate of drug-likeness (QED) is 0.281. The molecule has 32 heavy (non-hydrogen) atoms. The van der Waals surface area contributed by atoms with E-state index >= 15 is 0 Å². The molecule has 0 saturated heterocycles. The van der Waals surface area contributed by atoms with Gasteiger partial charge in [0, 0.05) is 26.6 Å². The van der Waals surface area contributed by atoms with Crippen LogP contribution in [0.4, 0.5) is 10.7 Å². The molecule has 0 spiro atoms. The molecule has 162 valence electrons. The number of para-hydroxylation sites is 1. The molecule has 0 radical (unpaired) electrons. The second-order valence-corrected chi connectivity index (χ2v) is 9.67. The van der Waals surface area contributed by atoms with Gasteiger partial charge in [0.15, 0.2) is 0 Å². The lowest BCUT2D eigenvalue weighted by atomic mass is 9.96. The fourth-order valence-corrected chi connectivity index (χ4v) is 5.17. The molecule has 2 N–H and O–H groups in total. The fourth-order valence-electron chi connectivity index (χ4n) is 3.67. The van der Waals surface area contributed by atoms with Crippen LogP contribution in [0.25, 0.3) is 0 Å². The number of amides is 1. The lowest BCUT2D eigenvalue weighted by molar-refractivity contribution is 0.102. The Bertz CT molecular complexity index is 1190. The molecule has 3 nitrogen and oxygen atoms in total. The van der Waals surface area contributed by atoms with Crippen LogP contribution < -0.4 is 10.6 Å². The summed E-state index contributed by atoms with van der Waals surface area (Å²) in [6, 6.07) is 28.1. The van der Waals surface area contributed by atoms with E-state index in [0.29, 0.717) is 5.56 Å². The standard InChI is InChI=1S/C27H26N2OS2/c1-18-19(2)32-27(29-26(30)21-10-6-4-7-11-21)24(18)25(28-22-12-8-5-9-13-22)20-14-16-23(31-3)17-15-20/h4-17,25,28H,1-3H3,(H,29,30). The molecule has 1 aromatic heterocycles. The number of rotatable bonds is 7. The van der Waals surface area contributed by atoms with Crippen molar-refractivity contribution < 1.29 is 4.79 Å². The summed E-state index contributed by atoms with van der Waals surface area (Å²) < 4.78 is 0. The third-order valence-electron chi connectivity index (χ3n) is 5.52. The summed E-state index contributed by atoms with van der Waals surface area (Å²) in [5, 5.41) is 7.77. The molecule has 0 saturated carbocycles. The van der Waals surface area contributed by atoms with Gasteiger partial charge < -0.3 is 10.6 Å². The molecule has 1 atom stereocenters. The molecule has 0 aliphatic heterocycles. The number of benzene rings is 3. The first kappa shape index (κ1) is 22.2. The number of nitrogens with one attached hydrogen (secondary N) is 2. The Kier molecular flexibility index (Phi) is 6.98. The lowest BCUT2D eigenvalue weighted by Gasteiger charge is -2.23. The minimum Gasteiger partial charge on any atom is -0.374 e. The maximum atomic E-state index is 13.0. The summed E-state index contributed by atoms with van der Waals surface area (Å²) >= 11 is 3.36. The summed E-state index contributed by atoms with van der Waals surface area (Å²) in [5.74, 6) is -0.0932. The molecule has 5 heteroatoms. The van der Waals surface area contributed by atoms with E-state index in [4.69, 9.17) is 0 Å². The Labute approximate surface area is 197 Å². The SMILES string of the molecule is CSc1ccc(C(Nc2ccccc2)c2c(NC(=O)c3ccccc3)sc(C)c2C)cc1. The van der Waals surface area contributed by atoms with Gasteiger partial charge in [-0.1, -0.05) is 48.5 Å². The van der Waals surface area contributed by atoms with Gasteiger partial charge in [0.1, 0.15) is 5.00 Å². The Hall–Kier alpha value is -3.02. The van der Waals surface area contributed by atoms with E-state index in [0.717, 1.165) is 21.8 Å². The van der Waals surface area contributed by atoms with Crippen molar-refractivity contribution in [3.8, 4) is 0 Å². The summed E-state index contributed by atoms with van der Waals surface area (Å²) in [6.45, 7) is 4.24. The maximum Gasteiger partial charge on any atom is 0.256 e. The van der Waals surface area contributed by atoms with Crippen LogP contribution in [0.3, 0.4) is 0 Å². The smallest absolute Gasteiger partial charge is 0.256 e. The van der Waals surface area contributed by atoms with E-state index in [-0.39, 0.29) is 11.9 Å². The normalized spacial score (nSPS) is 11.7. The van der Waals surface area contributed by atoms with Gasteiger partial charge in [-0.2, -0.15) is 0 Å². The van der Waals surface area contributed by atoms with E-state index in [2.05, 4.69) is 67.1 Å². The van der Waals surface area contributed by atoms with Crippen molar-refractivity contribution in [2.75, 3.05) is 16.9 Å². The fraction of sp³-hybridized carbons (Fsp3) is 0.148. The molecule has 1 unspecified atom stereocenters. The third kappa shape index (κ3) is 4.90. The number of carbonyl (C=O) groups excluding carboxylic acids is 1. The van der Waals surface area contributed by atoms with Gasteiger partial charge in [-0.25, -0.2) is 0 Å². The van der Waals surface area contributed by atoms with Gasteiger partial charge >= 0.3 is 0 Å². The van der Waals surface area contributed by atoms with Crippen LogP contribution in [-0.4, -0.2) is 12.2 Å². The number of aryl methyl sites for hydroxylation is 1. The number of hydrogen-bond donors (Lipinski definition) is 2. The monoisotopic (exact) mass is 458 g/mol. The van der Waals surface area contributed by atoms with Crippen LogP contribution in [0.5, 0.6) is 0 Å². The molecular formula is C27H26N2OS2. The van der Waals surface area contributed by atoms with Crippen molar-refractivity contribution in [1.82, 2.24) is 0 Å². The van der Waals surface area contributed by atoms with Crippen molar-refractivity contribution in [3.05, 3.63) is 112 Å². The number of thiophene rings is 1. The molecule has 0 aliphatic carbocycles. The van der Waals surface area contributed by atoms with E-state index in [1.807, 2.05) is 48.5 Å². The Morgan fingerprint density at radius 3 is 2.12 bits per heavy atom. The number of anilines is 2. The third-order valence-corrected chi connectivity index (χ3v) is 7.40. The van der Waals surface area contributed by atoms with Gasteiger partial charge in [0.25, 0.3) is 5.91 Å². The highest BCUT2D eigenvalue weighted by molar-refractivity contribution is 7.98. The highest BCUT2D eigenvalue weighted by Crippen LogP contribution is 2.41. The van der Waals surface area contributed by atoms with E-state index < -0.39 is 0 Å². The first-order chi connectivity index (χ1) is 15.6. The second kappa shape index (κ2) is 10.1. The van der Waals surface area contributed by atoms with Crippen LogP contribution in [-0.2, 0) is 0 Å². The van der Waals surface area contributed by atoms with E-state index in [1.165, 1.54) is 15.3 Å². The summed E-state index contributed by atoms with van der Waals surface area (Å²) in [7, 11) is 0. The Morgan fingerprint density at radius 2 is 1.50 bits per heavy atom. The molecular weight excluding hydrogens is 432 g/mol. The molecule has 0 fully saturated rings. The van der Waals surface area contributed by atoms with Gasteiger partial charge in [-0.15, -0.1) is 23.1 Å². The minimum absolute atomic E-state index is 0.0932. The van der Waals surface area contributed by atoms with Crippen molar-refractivity contribution >= 4 is 39.7 Å². The molecule has 0 bridgehead atoms. The summed E-state index contributed by atoms with van der Waals surface area (Å²) in [5.41, 5.74) is 5.15. The maximum absolute atomic E-state index is 13.0. The molecule has 3 aromatic carbocycles. The average molecular weight is 459 g/mol. The van der Waals surface area contributed by atoms with Gasteiger partial charge in [-0.3, -0.25) is 4.79 Å². The van der Waals surface area contributed by atoms with Gasteiger partial charge in [-0.05, 0) is 67.6 Å². The van der Waals surface area contributed by atoms with E-state index in [1.54, 1.807) is 23.1 Å². The zero-order valence-corrected chi connectivity index (χ0v) is 20.0. The van der Waals surface area contributed by atoms with Crippen LogP contribution in [0, 0.1) is 13.8 Å². The number of thioether (sulfide) groups is 1. The summed E-state index contributed by atoms with van der Waals surface area (Å²) in [6.07, 6.45) is 2.08. The van der Waals surface area contributed by atoms with Crippen LogP contribution >= 0.6 is 23.1 Å². The second-order valence-electron chi connectivity index (χ2n) is 7.56. The van der Waals surface area contributed by atoms with Gasteiger partial charge in [0.05, 0.1) is 6.04 Å². The van der Waals surface area contributed by atoms with Crippen LogP contribution in [0.2, 0.25) is 0 Å². The first-order valence-corrected chi connectivity index (χ1v) is 12.5. The van der Waals surface area contributed by atoms with Crippen molar-refractivity contribution in [2.45, 2.75) is 24.8 Å². The number of hydrogen-bond acceptors (Lipinski definition) is 4. The minimum atomic E-state index is -0.0932. The molecule has 1 amide bonds. The largest absolute Gasteiger partial charge is 0.374 e. The van der Waals surface area contributed by atoms with Crippen molar-refractivity contribution in [3.63, 3.8) is 0 Å².